The van der Waals surface area contributed by atoms with E-state index in [2.05, 4.69) is 15.8 Å². The van der Waals surface area contributed by atoms with Crippen molar-refractivity contribution in [2.75, 3.05) is 20.1 Å². The van der Waals surface area contributed by atoms with Crippen molar-refractivity contribution in [2.45, 2.75) is 33.1 Å². The Labute approximate surface area is 103 Å². The van der Waals surface area contributed by atoms with Gasteiger partial charge in [-0.1, -0.05) is 5.16 Å². The van der Waals surface area contributed by atoms with Crippen LogP contribution in [0.5, 0.6) is 0 Å². The molecule has 6 heteroatoms. The number of hydrogen-bond donors (Lipinski definition) is 4. The number of rotatable bonds is 8. The van der Waals surface area contributed by atoms with Gasteiger partial charge in [0.15, 0.2) is 0 Å². The molecule has 0 unspecified atom stereocenters. The first kappa shape index (κ1) is 15.7. The largest absolute Gasteiger partial charge is 0.409 e. The van der Waals surface area contributed by atoms with E-state index in [1.54, 1.807) is 7.05 Å². The predicted octanol–water partition coefficient (Wildman–Crippen LogP) is 0.265. The number of oxime groups is 1. The zero-order valence-electron chi connectivity index (χ0n) is 10.9. The van der Waals surface area contributed by atoms with Gasteiger partial charge in [-0.3, -0.25) is 4.79 Å². The van der Waals surface area contributed by atoms with Crippen LogP contribution in [-0.2, 0) is 4.79 Å². The summed E-state index contributed by atoms with van der Waals surface area (Å²) in [5.41, 5.74) is 4.94. The minimum Gasteiger partial charge on any atom is -0.409 e. The molecule has 0 heterocycles. The second kappa shape index (κ2) is 7.89. The molecule has 0 fully saturated rings. The van der Waals surface area contributed by atoms with Gasteiger partial charge < -0.3 is 21.6 Å². The fourth-order valence-corrected chi connectivity index (χ4v) is 1.43. The third-order valence-electron chi connectivity index (χ3n) is 2.57. The lowest BCUT2D eigenvalue weighted by atomic mass is 9.92. The topological polar surface area (TPSA) is 99.7 Å². The molecule has 0 atom stereocenters. The van der Waals surface area contributed by atoms with Crippen molar-refractivity contribution in [1.29, 1.82) is 0 Å². The second-order valence-electron chi connectivity index (χ2n) is 4.69. The highest BCUT2D eigenvalue weighted by Gasteiger charge is 2.25. The van der Waals surface area contributed by atoms with Gasteiger partial charge in [0, 0.05) is 20.0 Å². The van der Waals surface area contributed by atoms with Crippen LogP contribution in [0.1, 0.15) is 33.1 Å². The lowest BCUT2D eigenvalue weighted by Gasteiger charge is -2.22. The van der Waals surface area contributed by atoms with Gasteiger partial charge in [-0.05, 0) is 33.2 Å². The maximum absolute atomic E-state index is 11.5. The number of carbonyl (C=O) groups is 1. The normalized spacial score (nSPS) is 12.5. The van der Waals surface area contributed by atoms with Crippen molar-refractivity contribution in [2.24, 2.45) is 16.3 Å². The molecule has 100 valence electrons. The fourth-order valence-electron chi connectivity index (χ4n) is 1.43. The summed E-state index contributed by atoms with van der Waals surface area (Å²) in [6.07, 6.45) is 2.39. The van der Waals surface area contributed by atoms with E-state index in [9.17, 15) is 4.79 Å². The van der Waals surface area contributed by atoms with Crippen LogP contribution < -0.4 is 16.4 Å². The van der Waals surface area contributed by atoms with E-state index >= 15 is 0 Å². The highest BCUT2D eigenvalue weighted by Crippen LogP contribution is 2.12. The number of nitrogens with two attached hydrogens (primary N) is 1. The zero-order valence-corrected chi connectivity index (χ0v) is 10.9. The molecule has 0 aliphatic rings. The van der Waals surface area contributed by atoms with Crippen LogP contribution in [0.25, 0.3) is 0 Å². The van der Waals surface area contributed by atoms with Crippen LogP contribution in [-0.4, -0.2) is 37.1 Å². The summed E-state index contributed by atoms with van der Waals surface area (Å²) in [5, 5.41) is 17.1. The highest BCUT2D eigenvalue weighted by atomic mass is 16.4. The van der Waals surface area contributed by atoms with Crippen molar-refractivity contribution in [3.8, 4) is 0 Å². The molecule has 0 radical (unpaired) electrons. The Morgan fingerprint density at radius 1 is 1.41 bits per heavy atom. The van der Waals surface area contributed by atoms with Crippen LogP contribution in [0.3, 0.4) is 0 Å². The van der Waals surface area contributed by atoms with Crippen molar-refractivity contribution < 1.29 is 10.0 Å². The number of amidine groups is 1. The summed E-state index contributed by atoms with van der Waals surface area (Å²) in [7, 11) is 1.64. The van der Waals surface area contributed by atoms with E-state index < -0.39 is 5.41 Å². The summed E-state index contributed by atoms with van der Waals surface area (Å²) < 4.78 is 0. The number of nitrogens with zero attached hydrogens (tertiary/aromatic N) is 1. The third-order valence-corrected chi connectivity index (χ3v) is 2.57. The Morgan fingerprint density at radius 3 is 2.59 bits per heavy atom. The number of nitrogens with one attached hydrogen (secondary N) is 2. The lowest BCUT2D eigenvalue weighted by Crippen LogP contribution is -2.42. The van der Waals surface area contributed by atoms with E-state index in [0.29, 0.717) is 13.0 Å². The highest BCUT2D eigenvalue weighted by molar-refractivity contribution is 5.81. The minimum absolute atomic E-state index is 0.0293. The van der Waals surface area contributed by atoms with E-state index in [1.165, 1.54) is 0 Å². The molecule has 0 aliphatic carbocycles. The summed E-state index contributed by atoms with van der Waals surface area (Å²) in [5.74, 6) is 0.289. The summed E-state index contributed by atoms with van der Waals surface area (Å²) in [4.78, 5) is 11.5. The van der Waals surface area contributed by atoms with Gasteiger partial charge in [0.1, 0.15) is 5.84 Å². The van der Waals surface area contributed by atoms with E-state index in [0.717, 1.165) is 19.4 Å². The SMILES string of the molecule is CNC(=O)C(C)(C)CNCCCCC(N)=NO. The van der Waals surface area contributed by atoms with E-state index in [4.69, 9.17) is 10.9 Å². The van der Waals surface area contributed by atoms with E-state index in [-0.39, 0.29) is 11.7 Å². The molecule has 0 saturated carbocycles. The summed E-state index contributed by atoms with van der Waals surface area (Å²) in [6, 6.07) is 0. The van der Waals surface area contributed by atoms with Gasteiger partial charge >= 0.3 is 0 Å². The summed E-state index contributed by atoms with van der Waals surface area (Å²) >= 11 is 0. The molecule has 0 spiro atoms. The number of hydrogen-bond acceptors (Lipinski definition) is 4. The molecule has 17 heavy (non-hydrogen) atoms. The molecule has 0 aromatic heterocycles. The monoisotopic (exact) mass is 244 g/mol. The Hall–Kier alpha value is -1.30. The minimum atomic E-state index is -0.402. The van der Waals surface area contributed by atoms with Crippen LogP contribution in [0.4, 0.5) is 0 Å². The number of unbranched alkanes of at least 4 members (excludes halogenated alkanes) is 1. The maximum Gasteiger partial charge on any atom is 0.226 e. The van der Waals surface area contributed by atoms with Crippen LogP contribution >= 0.6 is 0 Å². The Balaban J connectivity index is 3.61. The van der Waals surface area contributed by atoms with Gasteiger partial charge in [-0.15, -0.1) is 0 Å². The first-order valence-corrected chi connectivity index (χ1v) is 5.83. The van der Waals surface area contributed by atoms with Crippen LogP contribution in [0.2, 0.25) is 0 Å². The van der Waals surface area contributed by atoms with Crippen LogP contribution in [0.15, 0.2) is 5.16 Å². The Bertz CT molecular complexity index is 264. The molecule has 1 amide bonds. The lowest BCUT2D eigenvalue weighted by molar-refractivity contribution is -0.128. The van der Waals surface area contributed by atoms with Gasteiger partial charge in [0.2, 0.25) is 5.91 Å². The van der Waals surface area contributed by atoms with E-state index in [1.807, 2.05) is 13.8 Å². The first-order chi connectivity index (χ1) is 7.94. The van der Waals surface area contributed by atoms with Gasteiger partial charge in [0.05, 0.1) is 5.41 Å². The summed E-state index contributed by atoms with van der Waals surface area (Å²) in [6.45, 7) is 5.25. The molecular formula is C11H24N4O2. The number of carbonyl (C=O) groups excluding carboxylic acids is 1. The quantitative estimate of drug-likeness (QED) is 0.162. The van der Waals surface area contributed by atoms with Crippen molar-refractivity contribution in [3.63, 3.8) is 0 Å². The Kier molecular flexibility index (Phi) is 7.29. The molecule has 0 aromatic carbocycles. The molecule has 0 aliphatic heterocycles. The number of amides is 1. The second-order valence-corrected chi connectivity index (χ2v) is 4.69. The Morgan fingerprint density at radius 2 is 2.06 bits per heavy atom. The first-order valence-electron chi connectivity index (χ1n) is 5.83. The maximum atomic E-state index is 11.5. The predicted molar refractivity (Wildman–Crippen MR) is 68.0 cm³/mol. The van der Waals surface area contributed by atoms with Crippen LogP contribution in [0, 0.1) is 5.41 Å². The molecule has 0 saturated heterocycles. The molecule has 0 bridgehead atoms. The molecule has 6 nitrogen and oxygen atoms in total. The molecular weight excluding hydrogens is 220 g/mol. The van der Waals surface area contributed by atoms with Crippen molar-refractivity contribution in [3.05, 3.63) is 0 Å². The molecule has 0 rings (SSSR count). The fraction of sp³-hybridized carbons (Fsp3) is 0.818. The zero-order chi connectivity index (χ0) is 13.3. The van der Waals surface area contributed by atoms with Gasteiger partial charge in [-0.25, -0.2) is 0 Å². The van der Waals surface area contributed by atoms with Gasteiger partial charge in [-0.2, -0.15) is 0 Å². The smallest absolute Gasteiger partial charge is 0.226 e. The average Bonchev–Trinajstić information content (AvgIpc) is 2.31. The van der Waals surface area contributed by atoms with Crippen molar-refractivity contribution >= 4 is 11.7 Å². The van der Waals surface area contributed by atoms with Gasteiger partial charge in [0.25, 0.3) is 0 Å². The standard InChI is InChI=1S/C11H24N4O2/c1-11(2,10(16)13-3)8-14-7-5-4-6-9(12)15-17/h14,17H,4-8H2,1-3H3,(H2,12,15)(H,13,16). The molecule has 0 aromatic rings. The molecule has 5 N–H and O–H groups in total. The average molecular weight is 244 g/mol. The third kappa shape index (κ3) is 6.78. The van der Waals surface area contributed by atoms with Crippen molar-refractivity contribution in [1.82, 2.24) is 10.6 Å².